The predicted molar refractivity (Wildman–Crippen MR) is 211 cm³/mol. The van der Waals surface area contributed by atoms with Crippen molar-refractivity contribution in [3.05, 3.63) is 206 Å². The Kier molecular flexibility index (Phi) is 10.1. The van der Waals surface area contributed by atoms with Crippen molar-refractivity contribution in [2.24, 2.45) is 20.5 Å². The van der Waals surface area contributed by atoms with E-state index in [1.54, 1.807) is 0 Å². The average molecular weight is 643 g/mol. The third kappa shape index (κ3) is 7.67. The molecule has 9 rings (SSSR count). The summed E-state index contributed by atoms with van der Waals surface area (Å²) in [5, 5.41) is 27.1. The van der Waals surface area contributed by atoms with Crippen LogP contribution in [0.4, 0.5) is 22.7 Å². The van der Waals surface area contributed by atoms with Crippen LogP contribution in [0.5, 0.6) is 0 Å². The van der Waals surface area contributed by atoms with E-state index in [9.17, 15) is 0 Å². The molecule has 50 heavy (non-hydrogen) atoms. The van der Waals surface area contributed by atoms with Gasteiger partial charge in [0.1, 0.15) is 0 Å². The molecule has 9 aromatic rings. The van der Waals surface area contributed by atoms with Crippen LogP contribution in [0, 0.1) is 0 Å². The van der Waals surface area contributed by atoms with Crippen molar-refractivity contribution in [3.8, 4) is 0 Å². The highest BCUT2D eigenvalue weighted by Gasteiger charge is 2.03. The zero-order chi connectivity index (χ0) is 33.8. The van der Waals surface area contributed by atoms with Crippen molar-refractivity contribution in [2.75, 3.05) is 0 Å². The quantitative estimate of drug-likeness (QED) is 0.172. The van der Waals surface area contributed by atoms with Gasteiger partial charge in [-0.3, -0.25) is 0 Å². The molecule has 0 atom stereocenters. The van der Waals surface area contributed by atoms with Crippen LogP contribution in [-0.4, -0.2) is 0 Å². The molecule has 4 heteroatoms. The maximum atomic E-state index is 4.48. The summed E-state index contributed by atoms with van der Waals surface area (Å²) in [6, 6.07) is 69.3. The number of hydrogen-bond donors (Lipinski definition) is 0. The molecule has 0 aromatic heterocycles. The summed E-state index contributed by atoms with van der Waals surface area (Å²) in [6.45, 7) is 0. The molecule has 0 spiro atoms. The van der Waals surface area contributed by atoms with Gasteiger partial charge in [0.25, 0.3) is 0 Å². The minimum Gasteiger partial charge on any atom is -0.150 e. The van der Waals surface area contributed by atoms with Crippen LogP contribution < -0.4 is 0 Å². The van der Waals surface area contributed by atoms with Crippen LogP contribution in [-0.2, 0) is 0 Å². The Morgan fingerprint density at radius 1 is 0.180 bits per heavy atom. The molecule has 0 unspecified atom stereocenters. The summed E-state index contributed by atoms with van der Waals surface area (Å²) in [4.78, 5) is 0. The number of nitrogens with zero attached hydrogens (tertiary/aromatic N) is 4. The lowest BCUT2D eigenvalue weighted by Crippen LogP contribution is -1.74. The minimum atomic E-state index is 0.894. The van der Waals surface area contributed by atoms with Crippen LogP contribution in [0.3, 0.4) is 0 Å². The van der Waals surface area contributed by atoms with Gasteiger partial charge < -0.3 is 0 Å². The summed E-state index contributed by atoms with van der Waals surface area (Å²) >= 11 is 0. The first-order valence-electron chi connectivity index (χ1n) is 16.6. The van der Waals surface area contributed by atoms with E-state index in [1.165, 1.54) is 21.5 Å². The van der Waals surface area contributed by atoms with Crippen LogP contribution in [0.15, 0.2) is 227 Å². The molecular formula is C46H34N4. The second kappa shape index (κ2) is 15.9. The molecule has 0 aliphatic carbocycles. The van der Waals surface area contributed by atoms with Gasteiger partial charge in [0.15, 0.2) is 0 Å². The standard InChI is InChI=1S/2C20H14N2.C6H6/c2*1-3-11-17-15(7-1)9-5-13-19(17)21-22-20-14-6-10-16-8-2-4-12-18(16)20;1-2-4-6-5-3-1/h2*1-14H;1-6H. The fourth-order valence-electron chi connectivity index (χ4n) is 5.78. The normalized spacial score (nSPS) is 11.0. The molecule has 9 aromatic carbocycles. The first-order valence-corrected chi connectivity index (χ1v) is 16.6. The minimum absolute atomic E-state index is 0.894. The Hall–Kier alpha value is -6.78. The molecule has 238 valence electrons. The smallest absolute Gasteiger partial charge is 0.0935 e. The van der Waals surface area contributed by atoms with Gasteiger partial charge in [-0.05, 0) is 45.8 Å². The summed E-state index contributed by atoms with van der Waals surface area (Å²) in [6.07, 6.45) is 0. The summed E-state index contributed by atoms with van der Waals surface area (Å²) in [5.74, 6) is 0. The van der Waals surface area contributed by atoms with E-state index in [0.29, 0.717) is 0 Å². The molecule has 0 aliphatic heterocycles. The Balaban J connectivity index is 0.000000135. The topological polar surface area (TPSA) is 49.4 Å². The van der Waals surface area contributed by atoms with Crippen LogP contribution in [0.25, 0.3) is 43.1 Å². The summed E-state index contributed by atoms with van der Waals surface area (Å²) in [5.41, 5.74) is 3.58. The van der Waals surface area contributed by atoms with E-state index in [1.807, 2.05) is 133 Å². The van der Waals surface area contributed by atoms with E-state index in [-0.39, 0.29) is 0 Å². The SMILES string of the molecule is c1ccc2c(N=Nc3cccc4ccccc34)cccc2c1.c1ccc2c(N=Nc3cccc4ccccc34)cccc2c1.c1ccccc1. The number of hydrogen-bond acceptors (Lipinski definition) is 4. The zero-order valence-electron chi connectivity index (χ0n) is 27.4. The molecule has 0 N–H and O–H groups in total. The highest BCUT2D eigenvalue weighted by atomic mass is 15.1. The van der Waals surface area contributed by atoms with Gasteiger partial charge in [-0.1, -0.05) is 182 Å². The molecule has 0 saturated carbocycles. The number of fused-ring (bicyclic) bond motifs is 4. The average Bonchev–Trinajstić information content (AvgIpc) is 3.20. The van der Waals surface area contributed by atoms with Gasteiger partial charge >= 0.3 is 0 Å². The van der Waals surface area contributed by atoms with Crippen molar-refractivity contribution >= 4 is 65.8 Å². The molecule has 4 nitrogen and oxygen atoms in total. The van der Waals surface area contributed by atoms with Gasteiger partial charge in [0.2, 0.25) is 0 Å². The van der Waals surface area contributed by atoms with Gasteiger partial charge in [0, 0.05) is 21.5 Å². The fraction of sp³-hybridized carbons (Fsp3) is 0. The van der Waals surface area contributed by atoms with Crippen molar-refractivity contribution in [1.29, 1.82) is 0 Å². The molecule has 0 bridgehead atoms. The lowest BCUT2D eigenvalue weighted by molar-refractivity contribution is 1.25. The highest BCUT2D eigenvalue weighted by molar-refractivity contribution is 5.95. The van der Waals surface area contributed by atoms with E-state index in [4.69, 9.17) is 0 Å². The predicted octanol–water partition coefficient (Wildman–Crippen LogP) is 14.5. The maximum Gasteiger partial charge on any atom is 0.0935 e. The second-order valence-corrected chi connectivity index (χ2v) is 11.5. The molecule has 0 saturated heterocycles. The van der Waals surface area contributed by atoms with Crippen molar-refractivity contribution in [2.45, 2.75) is 0 Å². The Morgan fingerprint density at radius 2 is 0.380 bits per heavy atom. The lowest BCUT2D eigenvalue weighted by atomic mass is 10.1. The van der Waals surface area contributed by atoms with E-state index >= 15 is 0 Å². The fourth-order valence-corrected chi connectivity index (χ4v) is 5.78. The third-order valence-corrected chi connectivity index (χ3v) is 8.26. The number of rotatable bonds is 4. The molecule has 0 heterocycles. The number of azo groups is 2. The maximum absolute atomic E-state index is 4.48. The van der Waals surface area contributed by atoms with Gasteiger partial charge in [-0.15, -0.1) is 20.5 Å². The van der Waals surface area contributed by atoms with Gasteiger partial charge in [-0.2, -0.15) is 0 Å². The zero-order valence-corrected chi connectivity index (χ0v) is 27.4. The van der Waals surface area contributed by atoms with Crippen molar-refractivity contribution in [3.63, 3.8) is 0 Å². The van der Waals surface area contributed by atoms with Crippen LogP contribution >= 0.6 is 0 Å². The Labute approximate surface area is 291 Å². The monoisotopic (exact) mass is 642 g/mol. The first-order chi connectivity index (χ1) is 24.8. The van der Waals surface area contributed by atoms with Gasteiger partial charge in [-0.25, -0.2) is 0 Å². The highest BCUT2D eigenvalue weighted by Crippen LogP contribution is 2.32. The van der Waals surface area contributed by atoms with Crippen LogP contribution in [0.1, 0.15) is 0 Å². The molecular weight excluding hydrogens is 609 g/mol. The third-order valence-electron chi connectivity index (χ3n) is 8.26. The second-order valence-electron chi connectivity index (χ2n) is 11.5. The van der Waals surface area contributed by atoms with Crippen molar-refractivity contribution < 1.29 is 0 Å². The summed E-state index contributed by atoms with van der Waals surface area (Å²) < 4.78 is 0. The Bertz CT molecular complexity index is 2180. The molecule has 0 amide bonds. The molecule has 0 radical (unpaired) electrons. The Morgan fingerprint density at radius 3 is 0.620 bits per heavy atom. The van der Waals surface area contributed by atoms with E-state index < -0.39 is 0 Å². The lowest BCUT2D eigenvalue weighted by Gasteiger charge is -2.02. The largest absolute Gasteiger partial charge is 0.150 e. The van der Waals surface area contributed by atoms with Crippen LogP contribution in [0.2, 0.25) is 0 Å². The summed E-state index contributed by atoms with van der Waals surface area (Å²) in [7, 11) is 0. The molecule has 0 aliphatic rings. The van der Waals surface area contributed by atoms with E-state index in [2.05, 4.69) is 93.3 Å². The van der Waals surface area contributed by atoms with Crippen molar-refractivity contribution in [1.82, 2.24) is 0 Å². The van der Waals surface area contributed by atoms with E-state index in [0.717, 1.165) is 44.3 Å². The molecule has 0 fully saturated rings. The first kappa shape index (κ1) is 31.8. The number of benzene rings is 9. The van der Waals surface area contributed by atoms with Gasteiger partial charge in [0.05, 0.1) is 22.7 Å².